The third kappa shape index (κ3) is 2.16. The highest BCUT2D eigenvalue weighted by molar-refractivity contribution is 8.05. The number of carbonyl (C=O) groups excluding carboxylic acids is 1. The molecule has 0 fully saturated rings. The minimum atomic E-state index is -3.71. The summed E-state index contributed by atoms with van der Waals surface area (Å²) in [6, 6.07) is 0. The zero-order valence-corrected chi connectivity index (χ0v) is 4.45. The Morgan fingerprint density at radius 3 is 1.71 bits per heavy atom. The second kappa shape index (κ2) is 1.49. The first-order valence-corrected chi connectivity index (χ1v) is 3.29. The number of hydrogen-bond donors (Lipinski definition) is 0. The highest BCUT2D eigenvalue weighted by Crippen LogP contribution is 1.79. The maximum absolute atomic E-state index is 9.79. The predicted molar refractivity (Wildman–Crippen MR) is 23.3 cm³/mol. The van der Waals surface area contributed by atoms with E-state index in [0.717, 1.165) is 0 Å². The molecule has 0 aromatic heterocycles. The average molecular weight is 122 g/mol. The molecule has 0 saturated carbocycles. The van der Waals surface area contributed by atoms with E-state index < -0.39 is 15.1 Å². The smallest absolute Gasteiger partial charge is 0.254 e. The molecule has 0 aliphatic carbocycles. The molecule has 4 nitrogen and oxygen atoms in total. The summed E-state index contributed by atoms with van der Waals surface area (Å²) in [5, 5.41) is -1.53. The van der Waals surface area contributed by atoms with Crippen molar-refractivity contribution < 1.29 is 13.2 Å². The first-order valence-electron chi connectivity index (χ1n) is 1.40. The van der Waals surface area contributed by atoms with E-state index in [1.54, 1.807) is 0 Å². The van der Waals surface area contributed by atoms with Gasteiger partial charge in [0.25, 0.3) is 0 Å². The molecule has 0 aromatic carbocycles. The van der Waals surface area contributed by atoms with Crippen LogP contribution in [0.4, 0.5) is 4.79 Å². The molecule has 0 unspecified atom stereocenters. The second-order valence-electron chi connectivity index (χ2n) is 1.06. The van der Waals surface area contributed by atoms with E-state index in [1.165, 1.54) is 0 Å². The van der Waals surface area contributed by atoms with Gasteiger partial charge in [-0.05, 0) is 0 Å². The lowest BCUT2D eigenvalue weighted by atomic mass is 11.5. The molecule has 0 spiro atoms. The fraction of sp³-hybridized carbons (Fsp3) is 0.500. The van der Waals surface area contributed by atoms with E-state index >= 15 is 0 Å². The van der Waals surface area contributed by atoms with Crippen LogP contribution in [0.2, 0.25) is 0 Å². The van der Waals surface area contributed by atoms with Crippen LogP contribution in [0.3, 0.4) is 0 Å². The maximum Gasteiger partial charge on any atom is 0.354 e. The number of sulfone groups is 1. The SMILES string of the molecule is CS(=O)(=O)C([NH])=O. The summed E-state index contributed by atoms with van der Waals surface area (Å²) in [5.41, 5.74) is 6.00. The van der Waals surface area contributed by atoms with E-state index in [1.807, 2.05) is 0 Å². The summed E-state index contributed by atoms with van der Waals surface area (Å²) < 4.78 is 19.6. The van der Waals surface area contributed by atoms with Gasteiger partial charge in [-0.3, -0.25) is 10.5 Å². The van der Waals surface area contributed by atoms with Gasteiger partial charge in [-0.2, -0.15) is 0 Å². The van der Waals surface area contributed by atoms with Crippen molar-refractivity contribution in [1.82, 2.24) is 5.73 Å². The molecule has 0 bridgehead atoms. The summed E-state index contributed by atoms with van der Waals surface area (Å²) in [7, 11) is -3.71. The Bertz CT molecular complexity index is 167. The number of hydrogen-bond acceptors (Lipinski definition) is 3. The van der Waals surface area contributed by atoms with Gasteiger partial charge in [0, 0.05) is 6.26 Å². The van der Waals surface area contributed by atoms with Crippen molar-refractivity contribution >= 4 is 15.1 Å². The highest BCUT2D eigenvalue weighted by atomic mass is 32.2. The molecular weight excluding hydrogens is 118 g/mol. The molecule has 0 aliphatic heterocycles. The number of amides is 1. The van der Waals surface area contributed by atoms with E-state index in [2.05, 4.69) is 0 Å². The monoisotopic (exact) mass is 122 g/mol. The first kappa shape index (κ1) is 6.42. The molecule has 41 valence electrons. The number of nitrogens with one attached hydrogen (secondary N) is 1. The lowest BCUT2D eigenvalue weighted by molar-refractivity contribution is 0.264. The maximum atomic E-state index is 9.79. The van der Waals surface area contributed by atoms with Crippen molar-refractivity contribution in [2.24, 2.45) is 0 Å². The topological polar surface area (TPSA) is 75.0 Å². The van der Waals surface area contributed by atoms with Crippen molar-refractivity contribution in [3.63, 3.8) is 0 Å². The summed E-state index contributed by atoms with van der Waals surface area (Å²) >= 11 is 0. The molecule has 7 heavy (non-hydrogen) atoms. The first-order chi connectivity index (χ1) is 2.94. The van der Waals surface area contributed by atoms with Crippen LogP contribution in [0, 0.1) is 0 Å². The van der Waals surface area contributed by atoms with Crippen LogP contribution < -0.4 is 5.73 Å². The molecule has 0 atom stereocenters. The van der Waals surface area contributed by atoms with Crippen LogP contribution in [0.25, 0.3) is 0 Å². The second-order valence-corrected chi connectivity index (χ2v) is 2.97. The fourth-order valence-electron chi connectivity index (χ4n) is 0. The van der Waals surface area contributed by atoms with Gasteiger partial charge in [-0.15, -0.1) is 0 Å². The Morgan fingerprint density at radius 1 is 1.57 bits per heavy atom. The van der Waals surface area contributed by atoms with E-state index in [0.29, 0.717) is 6.26 Å². The lowest BCUT2D eigenvalue weighted by Gasteiger charge is -1.79. The van der Waals surface area contributed by atoms with E-state index in [4.69, 9.17) is 5.73 Å². The Kier molecular flexibility index (Phi) is 1.37. The highest BCUT2D eigenvalue weighted by Gasteiger charge is 2.08. The van der Waals surface area contributed by atoms with Crippen LogP contribution in [0.5, 0.6) is 0 Å². The summed E-state index contributed by atoms with van der Waals surface area (Å²) in [6.07, 6.45) is 0.697. The Hall–Kier alpha value is -0.580. The minimum absolute atomic E-state index is 0.697. The Morgan fingerprint density at radius 2 is 1.71 bits per heavy atom. The third-order valence-corrected chi connectivity index (χ3v) is 1.01. The molecule has 0 heterocycles. The Labute approximate surface area is 41.2 Å². The van der Waals surface area contributed by atoms with E-state index in [9.17, 15) is 13.2 Å². The van der Waals surface area contributed by atoms with Gasteiger partial charge >= 0.3 is 5.24 Å². The zero-order chi connectivity index (χ0) is 6.08. The average Bonchev–Trinajstić information content (AvgIpc) is 1.31. The van der Waals surface area contributed by atoms with Crippen LogP contribution in [0.1, 0.15) is 0 Å². The molecule has 1 amide bonds. The van der Waals surface area contributed by atoms with Crippen LogP contribution in [0.15, 0.2) is 0 Å². The molecule has 0 aromatic rings. The molecule has 0 aliphatic rings. The third-order valence-electron chi connectivity index (χ3n) is 0.337. The molecule has 0 saturated heterocycles. The van der Waals surface area contributed by atoms with Gasteiger partial charge in [-0.1, -0.05) is 0 Å². The predicted octanol–water partition coefficient (Wildman–Crippen LogP) is -0.566. The largest absolute Gasteiger partial charge is 0.354 e. The van der Waals surface area contributed by atoms with Crippen molar-refractivity contribution in [2.75, 3.05) is 6.26 Å². The van der Waals surface area contributed by atoms with Crippen LogP contribution in [-0.4, -0.2) is 19.9 Å². The molecule has 5 heteroatoms. The summed E-state index contributed by atoms with van der Waals surface area (Å²) in [5.74, 6) is 0. The summed E-state index contributed by atoms with van der Waals surface area (Å²) in [6.45, 7) is 0. The van der Waals surface area contributed by atoms with Crippen molar-refractivity contribution in [1.29, 1.82) is 0 Å². The van der Waals surface area contributed by atoms with Gasteiger partial charge in [0.15, 0.2) is 0 Å². The van der Waals surface area contributed by atoms with Crippen molar-refractivity contribution in [2.45, 2.75) is 0 Å². The van der Waals surface area contributed by atoms with Crippen molar-refractivity contribution in [3.8, 4) is 0 Å². The fourth-order valence-corrected chi connectivity index (χ4v) is 0. The number of carbonyl (C=O) groups is 1. The van der Waals surface area contributed by atoms with Gasteiger partial charge in [-0.25, -0.2) is 8.42 Å². The van der Waals surface area contributed by atoms with Crippen molar-refractivity contribution in [3.05, 3.63) is 0 Å². The van der Waals surface area contributed by atoms with Crippen LogP contribution in [-0.2, 0) is 9.84 Å². The standard InChI is InChI=1S/C2H4NO3S/c1-7(5,6)2(3)4/h3H,1H3. The minimum Gasteiger partial charge on any atom is -0.254 e. The molecule has 1 radical (unpaired) electrons. The summed E-state index contributed by atoms with van der Waals surface area (Å²) in [4.78, 5) is 9.54. The normalized spacial score (nSPS) is 11.0. The van der Waals surface area contributed by atoms with Gasteiger partial charge in [0.2, 0.25) is 9.84 Å². The van der Waals surface area contributed by atoms with E-state index in [-0.39, 0.29) is 0 Å². The van der Waals surface area contributed by atoms with Gasteiger partial charge < -0.3 is 0 Å². The van der Waals surface area contributed by atoms with Gasteiger partial charge in [0.1, 0.15) is 0 Å². The number of rotatable bonds is 0. The lowest BCUT2D eigenvalue weighted by Crippen LogP contribution is -2.09. The Balaban J connectivity index is 4.43. The quantitative estimate of drug-likeness (QED) is 0.432. The molecular formula is C2H4NO3S. The zero-order valence-electron chi connectivity index (χ0n) is 3.63. The molecule has 1 N–H and O–H groups in total. The molecule has 0 rings (SSSR count). The van der Waals surface area contributed by atoms with Gasteiger partial charge in [0.05, 0.1) is 0 Å². The van der Waals surface area contributed by atoms with Crippen LogP contribution >= 0.6 is 0 Å².